The average molecular weight is 470 g/mol. The van der Waals surface area contributed by atoms with Crippen molar-refractivity contribution in [2.45, 2.75) is 66.2 Å². The molecule has 10 nitrogen and oxygen atoms in total. The van der Waals surface area contributed by atoms with E-state index in [2.05, 4.69) is 15.0 Å². The predicted molar refractivity (Wildman–Crippen MR) is 127 cm³/mol. The van der Waals surface area contributed by atoms with Crippen molar-refractivity contribution >= 4 is 29.2 Å². The van der Waals surface area contributed by atoms with Gasteiger partial charge in [-0.25, -0.2) is 19.6 Å². The van der Waals surface area contributed by atoms with Crippen molar-refractivity contribution < 1.29 is 23.8 Å². The molecule has 3 rings (SSSR count). The normalized spacial score (nSPS) is 11.9. The van der Waals surface area contributed by atoms with Gasteiger partial charge in [0, 0.05) is 0 Å². The number of ether oxygens (including phenoxy) is 3. The molecule has 0 spiro atoms. The number of nitrogens with zero attached hydrogens (tertiary/aromatic N) is 5. The number of hydrogen-bond donors (Lipinski definition) is 0. The third-order valence-corrected chi connectivity index (χ3v) is 4.38. The maximum absolute atomic E-state index is 13.2. The van der Waals surface area contributed by atoms with Crippen molar-refractivity contribution in [2.75, 3.05) is 12.0 Å². The van der Waals surface area contributed by atoms with Gasteiger partial charge in [0.2, 0.25) is 0 Å². The van der Waals surface area contributed by atoms with E-state index < -0.39 is 23.4 Å². The highest BCUT2D eigenvalue weighted by molar-refractivity contribution is 6.12. The Hall–Kier alpha value is -3.69. The number of amides is 2. The molecule has 182 valence electrons. The van der Waals surface area contributed by atoms with Crippen LogP contribution in [-0.4, -0.2) is 50.0 Å². The summed E-state index contributed by atoms with van der Waals surface area (Å²) in [6.07, 6.45) is -1.87. The van der Waals surface area contributed by atoms with Gasteiger partial charge in [-0.2, -0.15) is 9.88 Å². The first-order valence-electron chi connectivity index (χ1n) is 10.9. The molecule has 1 aromatic carbocycles. The quantitative estimate of drug-likeness (QED) is 0.532. The molecule has 0 aliphatic rings. The van der Waals surface area contributed by atoms with Gasteiger partial charge in [-0.15, -0.1) is 0 Å². The molecule has 0 N–H and O–H groups in total. The van der Waals surface area contributed by atoms with Crippen LogP contribution in [0, 0.1) is 6.92 Å². The lowest BCUT2D eigenvalue weighted by Gasteiger charge is -2.28. The lowest BCUT2D eigenvalue weighted by molar-refractivity contribution is 0.0429. The summed E-state index contributed by atoms with van der Waals surface area (Å²) in [5, 5.41) is 0. The van der Waals surface area contributed by atoms with E-state index in [4.69, 9.17) is 14.2 Å². The second-order valence-corrected chi connectivity index (χ2v) is 9.73. The van der Waals surface area contributed by atoms with Crippen LogP contribution in [-0.2, 0) is 16.0 Å². The first-order chi connectivity index (χ1) is 15.8. The van der Waals surface area contributed by atoms with Crippen molar-refractivity contribution in [1.29, 1.82) is 0 Å². The van der Waals surface area contributed by atoms with E-state index in [9.17, 15) is 9.59 Å². The molecule has 0 radical (unpaired) electrons. The summed E-state index contributed by atoms with van der Waals surface area (Å²) in [7, 11) is 1.49. The van der Waals surface area contributed by atoms with Gasteiger partial charge in [0.05, 0.1) is 13.7 Å². The Morgan fingerprint density at radius 1 is 0.912 bits per heavy atom. The highest BCUT2D eigenvalue weighted by atomic mass is 16.6. The molecule has 0 saturated carbocycles. The van der Waals surface area contributed by atoms with E-state index in [0.29, 0.717) is 18.0 Å². The summed E-state index contributed by atoms with van der Waals surface area (Å²) in [5.74, 6) is 0.285. The van der Waals surface area contributed by atoms with Crippen molar-refractivity contribution in [1.82, 2.24) is 19.5 Å². The molecule has 2 amide bonds. The van der Waals surface area contributed by atoms with Crippen molar-refractivity contribution in [2.24, 2.45) is 0 Å². The Labute approximate surface area is 198 Å². The van der Waals surface area contributed by atoms with Crippen molar-refractivity contribution in [3.8, 4) is 6.01 Å². The number of anilines is 1. The van der Waals surface area contributed by atoms with Crippen LogP contribution < -0.4 is 9.64 Å². The van der Waals surface area contributed by atoms with Crippen LogP contribution >= 0.6 is 0 Å². The summed E-state index contributed by atoms with van der Waals surface area (Å²) >= 11 is 0. The van der Waals surface area contributed by atoms with Crippen LogP contribution in [0.3, 0.4) is 0 Å². The Bertz CT molecular complexity index is 1160. The van der Waals surface area contributed by atoms with E-state index in [-0.39, 0.29) is 17.3 Å². The molecule has 2 heterocycles. The van der Waals surface area contributed by atoms with Crippen LogP contribution in [0.2, 0.25) is 0 Å². The zero-order chi connectivity index (χ0) is 25.3. The Kier molecular flexibility index (Phi) is 6.81. The van der Waals surface area contributed by atoms with Crippen LogP contribution in [0.5, 0.6) is 6.01 Å². The molecule has 0 saturated heterocycles. The summed E-state index contributed by atoms with van der Waals surface area (Å²) < 4.78 is 18.2. The molecule has 0 aliphatic heterocycles. The van der Waals surface area contributed by atoms with E-state index in [1.165, 1.54) is 7.11 Å². The van der Waals surface area contributed by atoms with E-state index in [0.717, 1.165) is 10.5 Å². The van der Waals surface area contributed by atoms with Crippen molar-refractivity contribution in [3.63, 3.8) is 0 Å². The van der Waals surface area contributed by atoms with Gasteiger partial charge in [0.15, 0.2) is 17.0 Å². The minimum atomic E-state index is -0.933. The first-order valence-corrected chi connectivity index (χ1v) is 10.9. The van der Waals surface area contributed by atoms with Crippen molar-refractivity contribution in [3.05, 3.63) is 41.7 Å². The fourth-order valence-corrected chi connectivity index (χ4v) is 3.16. The minimum absolute atomic E-state index is 0.0453. The Morgan fingerprint density at radius 2 is 1.47 bits per heavy atom. The number of hydrogen-bond acceptors (Lipinski definition) is 8. The Morgan fingerprint density at radius 3 is 1.97 bits per heavy atom. The lowest BCUT2D eigenvalue weighted by atomic mass is 10.2. The zero-order valence-electron chi connectivity index (χ0n) is 20.9. The lowest BCUT2D eigenvalue weighted by Crippen LogP contribution is -2.44. The van der Waals surface area contributed by atoms with Crippen LogP contribution in [0.4, 0.5) is 15.4 Å². The van der Waals surface area contributed by atoms with Gasteiger partial charge in [-0.3, -0.25) is 4.57 Å². The second-order valence-electron chi connectivity index (χ2n) is 9.73. The minimum Gasteiger partial charge on any atom is -0.468 e. The first kappa shape index (κ1) is 24.9. The molecule has 0 bridgehead atoms. The third kappa shape index (κ3) is 5.81. The van der Waals surface area contributed by atoms with Gasteiger partial charge in [0.25, 0.3) is 6.01 Å². The molecule has 0 fully saturated rings. The molecule has 0 unspecified atom stereocenters. The fraction of sp³-hybridized carbons (Fsp3) is 0.458. The molecule has 3 aromatic rings. The molecule has 0 atom stereocenters. The largest absolute Gasteiger partial charge is 0.468 e. The SMILES string of the molecule is COc1nc2c(N(C(=O)OC(C)(C)C)C(=O)OC(C)(C)C)nc(C)nc2n1Cc1ccccc1. The number of carbonyl (C=O) groups is 2. The van der Waals surface area contributed by atoms with Gasteiger partial charge in [-0.05, 0) is 54.0 Å². The Balaban J connectivity index is 2.20. The van der Waals surface area contributed by atoms with Crippen LogP contribution in [0.1, 0.15) is 52.9 Å². The standard InChI is InChI=1S/C24H31N5O5/c1-15-25-18-17(27-20(32-8)28(18)14-16-12-10-9-11-13-16)19(26-15)29(21(30)33-23(2,3)4)22(31)34-24(5,6)7/h9-13H,14H2,1-8H3. The summed E-state index contributed by atoms with van der Waals surface area (Å²) in [6.45, 7) is 12.3. The molecule has 34 heavy (non-hydrogen) atoms. The van der Waals surface area contributed by atoms with Gasteiger partial charge in [0.1, 0.15) is 17.0 Å². The molecular formula is C24H31N5O5. The van der Waals surface area contributed by atoms with E-state index in [1.54, 1.807) is 53.0 Å². The average Bonchev–Trinajstić information content (AvgIpc) is 3.03. The van der Waals surface area contributed by atoms with E-state index in [1.807, 2.05) is 30.3 Å². The molecule has 10 heteroatoms. The highest BCUT2D eigenvalue weighted by Gasteiger charge is 2.36. The van der Waals surface area contributed by atoms with Crippen LogP contribution in [0.25, 0.3) is 11.2 Å². The number of imide groups is 1. The summed E-state index contributed by atoms with van der Waals surface area (Å²) in [6, 6.07) is 9.98. The number of fused-ring (bicyclic) bond motifs is 1. The second kappa shape index (κ2) is 9.28. The van der Waals surface area contributed by atoms with Gasteiger partial charge < -0.3 is 14.2 Å². The number of rotatable bonds is 4. The van der Waals surface area contributed by atoms with Gasteiger partial charge in [-0.1, -0.05) is 30.3 Å². The van der Waals surface area contributed by atoms with Crippen LogP contribution in [0.15, 0.2) is 30.3 Å². The monoisotopic (exact) mass is 469 g/mol. The van der Waals surface area contributed by atoms with E-state index >= 15 is 0 Å². The number of aromatic nitrogens is 4. The molecule has 2 aromatic heterocycles. The number of methoxy groups -OCH3 is 1. The number of benzene rings is 1. The number of aryl methyl sites for hydroxylation is 1. The fourth-order valence-electron chi connectivity index (χ4n) is 3.16. The topological polar surface area (TPSA) is 109 Å². The summed E-state index contributed by atoms with van der Waals surface area (Å²) in [5.41, 5.74) is -0.115. The maximum Gasteiger partial charge on any atom is 0.425 e. The third-order valence-electron chi connectivity index (χ3n) is 4.38. The smallest absolute Gasteiger partial charge is 0.425 e. The highest BCUT2D eigenvalue weighted by Crippen LogP contribution is 2.30. The maximum atomic E-state index is 13.2. The number of carbonyl (C=O) groups excluding carboxylic acids is 2. The molecule has 0 aliphatic carbocycles. The number of imidazole rings is 1. The zero-order valence-corrected chi connectivity index (χ0v) is 20.9. The summed E-state index contributed by atoms with van der Waals surface area (Å²) in [4.78, 5) is 40.5. The van der Waals surface area contributed by atoms with Gasteiger partial charge >= 0.3 is 12.2 Å². The molecular weight excluding hydrogens is 438 g/mol. The predicted octanol–water partition coefficient (Wildman–Crippen LogP) is 4.87.